The van der Waals surface area contributed by atoms with Gasteiger partial charge in [-0.15, -0.1) is 5.10 Å². The molecule has 2 N–H and O–H groups in total. The molecule has 4 heteroatoms. The van der Waals surface area contributed by atoms with Gasteiger partial charge in [-0.05, 0) is 37.1 Å². The molecule has 1 aromatic carbocycles. The molecule has 0 bridgehead atoms. The summed E-state index contributed by atoms with van der Waals surface area (Å²) in [7, 11) is 0. The highest BCUT2D eigenvalue weighted by Crippen LogP contribution is 2.21. The predicted molar refractivity (Wildman–Crippen MR) is 53.6 cm³/mol. The van der Waals surface area contributed by atoms with Crippen LogP contribution < -0.4 is 5.73 Å². The van der Waals surface area contributed by atoms with Crippen LogP contribution in [0.25, 0.3) is 11.5 Å². The van der Waals surface area contributed by atoms with Crippen molar-refractivity contribution in [3.05, 3.63) is 29.3 Å². The number of hydrogen-bond donors (Lipinski definition) is 1. The van der Waals surface area contributed by atoms with Crippen LogP contribution in [0.1, 0.15) is 11.1 Å². The fourth-order valence-electron chi connectivity index (χ4n) is 1.23. The molecule has 0 radical (unpaired) electrons. The lowest BCUT2D eigenvalue weighted by Crippen LogP contribution is -1.83. The molecule has 14 heavy (non-hydrogen) atoms. The fraction of sp³-hybridized carbons (Fsp3) is 0.200. The van der Waals surface area contributed by atoms with Gasteiger partial charge in [0, 0.05) is 5.56 Å². The molecule has 2 aromatic rings. The van der Waals surface area contributed by atoms with Crippen LogP contribution in [0.3, 0.4) is 0 Å². The zero-order valence-corrected chi connectivity index (χ0v) is 8.11. The Morgan fingerprint density at radius 1 is 1.14 bits per heavy atom. The third-order valence-corrected chi connectivity index (χ3v) is 2.19. The van der Waals surface area contributed by atoms with Crippen molar-refractivity contribution < 1.29 is 4.42 Å². The number of nitrogens with two attached hydrogens (primary N) is 1. The third kappa shape index (κ3) is 1.46. The van der Waals surface area contributed by atoms with E-state index in [1.54, 1.807) is 0 Å². The average molecular weight is 189 g/mol. The number of aryl methyl sites for hydroxylation is 2. The second-order valence-electron chi connectivity index (χ2n) is 3.24. The lowest BCUT2D eigenvalue weighted by atomic mass is 10.1. The summed E-state index contributed by atoms with van der Waals surface area (Å²) >= 11 is 0. The molecule has 0 aliphatic carbocycles. The van der Waals surface area contributed by atoms with Crippen molar-refractivity contribution in [2.45, 2.75) is 13.8 Å². The molecule has 0 atom stereocenters. The van der Waals surface area contributed by atoms with E-state index in [-0.39, 0.29) is 6.01 Å². The minimum atomic E-state index is 0.0956. The molecule has 0 aliphatic rings. The Morgan fingerprint density at radius 3 is 2.50 bits per heavy atom. The van der Waals surface area contributed by atoms with Gasteiger partial charge in [-0.2, -0.15) is 0 Å². The topological polar surface area (TPSA) is 64.9 Å². The quantitative estimate of drug-likeness (QED) is 0.744. The highest BCUT2D eigenvalue weighted by molar-refractivity contribution is 5.55. The van der Waals surface area contributed by atoms with Gasteiger partial charge in [0.1, 0.15) is 0 Å². The van der Waals surface area contributed by atoms with Gasteiger partial charge in [-0.25, -0.2) is 0 Å². The summed E-state index contributed by atoms with van der Waals surface area (Å²) in [6.07, 6.45) is 0. The first-order valence-corrected chi connectivity index (χ1v) is 4.33. The molecule has 0 unspecified atom stereocenters. The lowest BCUT2D eigenvalue weighted by molar-refractivity contribution is 0.590. The molecule has 0 spiro atoms. The maximum absolute atomic E-state index is 5.34. The molecule has 4 nitrogen and oxygen atoms in total. The largest absolute Gasteiger partial charge is 0.404 e. The highest BCUT2D eigenvalue weighted by Gasteiger charge is 2.06. The van der Waals surface area contributed by atoms with Crippen LogP contribution in [0.15, 0.2) is 22.6 Å². The number of benzene rings is 1. The van der Waals surface area contributed by atoms with E-state index in [0.717, 1.165) is 5.56 Å². The summed E-state index contributed by atoms with van der Waals surface area (Å²) in [6, 6.07) is 6.06. The first-order valence-electron chi connectivity index (χ1n) is 4.33. The van der Waals surface area contributed by atoms with Crippen LogP contribution in [0.2, 0.25) is 0 Å². The third-order valence-electron chi connectivity index (χ3n) is 2.19. The maximum atomic E-state index is 5.34. The van der Waals surface area contributed by atoms with Gasteiger partial charge in [0.05, 0.1) is 0 Å². The summed E-state index contributed by atoms with van der Waals surface area (Å²) in [5, 5.41) is 7.42. The number of nitrogens with zero attached hydrogens (tertiary/aromatic N) is 2. The molecule has 2 rings (SSSR count). The number of rotatable bonds is 1. The molecule has 1 aromatic heterocycles. The molecule has 0 fully saturated rings. The van der Waals surface area contributed by atoms with E-state index in [0.29, 0.717) is 5.89 Å². The van der Waals surface area contributed by atoms with Crippen LogP contribution in [-0.4, -0.2) is 10.2 Å². The number of hydrogen-bond acceptors (Lipinski definition) is 4. The summed E-state index contributed by atoms with van der Waals surface area (Å²) in [6.45, 7) is 4.10. The molecule has 0 aliphatic heterocycles. The van der Waals surface area contributed by atoms with Gasteiger partial charge in [0.2, 0.25) is 5.89 Å². The highest BCUT2D eigenvalue weighted by atomic mass is 16.4. The SMILES string of the molecule is Cc1ccc(-c2nnc(N)o2)cc1C. The van der Waals surface area contributed by atoms with Gasteiger partial charge in [0.15, 0.2) is 0 Å². The van der Waals surface area contributed by atoms with Crippen LogP contribution in [0.5, 0.6) is 0 Å². The summed E-state index contributed by atoms with van der Waals surface area (Å²) < 4.78 is 5.12. The smallest absolute Gasteiger partial charge is 0.313 e. The van der Waals surface area contributed by atoms with Crippen molar-refractivity contribution in [3.63, 3.8) is 0 Å². The standard InChI is InChI=1S/C10H11N3O/c1-6-3-4-8(5-7(6)2)9-12-13-10(11)14-9/h3-5H,1-2H3,(H2,11,13). The number of aromatic nitrogens is 2. The Kier molecular flexibility index (Phi) is 1.96. The first-order chi connectivity index (χ1) is 6.66. The monoisotopic (exact) mass is 189 g/mol. The number of anilines is 1. The molecule has 1 heterocycles. The second kappa shape index (κ2) is 3.14. The minimum absolute atomic E-state index is 0.0956. The molecule has 0 saturated heterocycles. The lowest BCUT2D eigenvalue weighted by Gasteiger charge is -2.00. The van der Waals surface area contributed by atoms with Crippen LogP contribution in [0, 0.1) is 13.8 Å². The zero-order valence-electron chi connectivity index (χ0n) is 8.11. The van der Waals surface area contributed by atoms with E-state index in [9.17, 15) is 0 Å². The van der Waals surface area contributed by atoms with E-state index >= 15 is 0 Å². The Bertz CT molecular complexity index is 462. The number of nitrogen functional groups attached to an aromatic ring is 1. The van der Waals surface area contributed by atoms with Gasteiger partial charge in [-0.1, -0.05) is 11.2 Å². The Hall–Kier alpha value is -1.84. The van der Waals surface area contributed by atoms with Crippen molar-refractivity contribution in [3.8, 4) is 11.5 Å². The average Bonchev–Trinajstić information content (AvgIpc) is 2.57. The van der Waals surface area contributed by atoms with Gasteiger partial charge in [0.25, 0.3) is 0 Å². The predicted octanol–water partition coefficient (Wildman–Crippen LogP) is 1.94. The van der Waals surface area contributed by atoms with Gasteiger partial charge >= 0.3 is 6.01 Å². The molecular weight excluding hydrogens is 178 g/mol. The molecule has 0 saturated carbocycles. The fourth-order valence-corrected chi connectivity index (χ4v) is 1.23. The minimum Gasteiger partial charge on any atom is -0.404 e. The van der Waals surface area contributed by atoms with E-state index < -0.39 is 0 Å². The van der Waals surface area contributed by atoms with Crippen LogP contribution in [0.4, 0.5) is 6.01 Å². The van der Waals surface area contributed by atoms with E-state index in [4.69, 9.17) is 10.2 Å². The zero-order chi connectivity index (χ0) is 10.1. The summed E-state index contributed by atoms with van der Waals surface area (Å²) in [5.74, 6) is 0.464. The molecular formula is C10H11N3O. The van der Waals surface area contributed by atoms with Crippen molar-refractivity contribution in [2.24, 2.45) is 0 Å². The van der Waals surface area contributed by atoms with Crippen LogP contribution >= 0.6 is 0 Å². The van der Waals surface area contributed by atoms with Crippen molar-refractivity contribution in [2.75, 3.05) is 5.73 Å². The van der Waals surface area contributed by atoms with E-state index in [1.807, 2.05) is 25.1 Å². The Balaban J connectivity index is 2.47. The van der Waals surface area contributed by atoms with Crippen molar-refractivity contribution in [1.29, 1.82) is 0 Å². The first kappa shape index (κ1) is 8.74. The maximum Gasteiger partial charge on any atom is 0.313 e. The van der Waals surface area contributed by atoms with Gasteiger partial charge < -0.3 is 10.2 Å². The normalized spacial score (nSPS) is 10.4. The van der Waals surface area contributed by atoms with Crippen LogP contribution in [-0.2, 0) is 0 Å². The Labute approximate surface area is 81.8 Å². The molecule has 0 amide bonds. The second-order valence-corrected chi connectivity index (χ2v) is 3.24. The van der Waals surface area contributed by atoms with E-state index in [2.05, 4.69) is 17.1 Å². The van der Waals surface area contributed by atoms with Crippen molar-refractivity contribution >= 4 is 6.01 Å². The van der Waals surface area contributed by atoms with Crippen molar-refractivity contribution in [1.82, 2.24) is 10.2 Å². The van der Waals surface area contributed by atoms with Gasteiger partial charge in [-0.3, -0.25) is 0 Å². The Morgan fingerprint density at radius 2 is 1.93 bits per heavy atom. The van der Waals surface area contributed by atoms with E-state index in [1.165, 1.54) is 11.1 Å². The molecule has 72 valence electrons. The summed E-state index contributed by atoms with van der Waals surface area (Å²) in [4.78, 5) is 0. The summed E-state index contributed by atoms with van der Waals surface area (Å²) in [5.41, 5.74) is 8.67.